The number of hydrogen-bond donors (Lipinski definition) is 0. The molecule has 0 saturated carbocycles. The predicted octanol–water partition coefficient (Wildman–Crippen LogP) is 2.92. The largest absolute Gasteiger partial charge is 0.455 e. The van der Waals surface area contributed by atoms with Crippen LogP contribution in [0.3, 0.4) is 0 Å². The molecule has 0 radical (unpaired) electrons. The quantitative estimate of drug-likeness (QED) is 0.803. The normalized spacial score (nSPS) is 20.1. The summed E-state index contributed by atoms with van der Waals surface area (Å²) in [5.41, 5.74) is 0. The van der Waals surface area contributed by atoms with Crippen molar-refractivity contribution in [3.8, 4) is 0 Å². The summed E-state index contributed by atoms with van der Waals surface area (Å²) in [6, 6.07) is 1.42. The first-order valence-electron chi connectivity index (χ1n) is 6.70. The number of aryl methyl sites for hydroxylation is 1. The maximum absolute atomic E-state index is 12.5. The second-order valence-corrected chi connectivity index (χ2v) is 7.56. The van der Waals surface area contributed by atoms with Gasteiger partial charge in [0.05, 0.1) is 0 Å². The van der Waals surface area contributed by atoms with Crippen LogP contribution in [0.5, 0.6) is 0 Å². The Bertz CT molecular complexity index is 608. The van der Waals surface area contributed by atoms with E-state index in [2.05, 4.69) is 0 Å². The molecule has 2 rings (SSSR count). The summed E-state index contributed by atoms with van der Waals surface area (Å²) in [5.74, 6) is -0.0679. The molecule has 1 aliphatic rings. The average molecular weight is 320 g/mol. The molecule has 2 heterocycles. The van der Waals surface area contributed by atoms with Gasteiger partial charge in [0, 0.05) is 29.3 Å². The van der Waals surface area contributed by atoms with Gasteiger partial charge in [-0.15, -0.1) is 0 Å². The molecule has 1 aromatic heterocycles. The van der Waals surface area contributed by atoms with E-state index in [0.717, 1.165) is 25.7 Å². The minimum Gasteiger partial charge on any atom is -0.455 e. The maximum atomic E-state index is 12.5. The Kier molecular flexibility index (Phi) is 4.44. The third kappa shape index (κ3) is 3.01. The van der Waals surface area contributed by atoms with Crippen LogP contribution in [0, 0.1) is 6.92 Å². The molecule has 0 spiro atoms. The van der Waals surface area contributed by atoms with Crippen molar-refractivity contribution in [1.82, 2.24) is 4.90 Å². The SMILES string of the molecule is CCC1CCCCN1C(=O)c1cc(S(=O)(=O)Cl)c(C)o1. The van der Waals surface area contributed by atoms with Crippen molar-refractivity contribution >= 4 is 25.6 Å². The van der Waals surface area contributed by atoms with Crippen LogP contribution in [0.4, 0.5) is 0 Å². The molecule has 1 amide bonds. The van der Waals surface area contributed by atoms with Crippen molar-refractivity contribution < 1.29 is 17.6 Å². The minimum absolute atomic E-state index is 0.0436. The minimum atomic E-state index is -3.89. The number of halogens is 1. The van der Waals surface area contributed by atoms with E-state index >= 15 is 0 Å². The van der Waals surface area contributed by atoms with Crippen molar-refractivity contribution in [2.75, 3.05) is 6.54 Å². The zero-order chi connectivity index (χ0) is 14.9. The van der Waals surface area contributed by atoms with Crippen molar-refractivity contribution in [3.63, 3.8) is 0 Å². The first kappa shape index (κ1) is 15.4. The van der Waals surface area contributed by atoms with Crippen molar-refractivity contribution in [2.24, 2.45) is 0 Å². The van der Waals surface area contributed by atoms with Crippen LogP contribution in [0.1, 0.15) is 48.9 Å². The molecule has 1 aromatic rings. The molecule has 1 atom stereocenters. The first-order chi connectivity index (χ1) is 9.34. The fourth-order valence-corrected chi connectivity index (χ4v) is 3.74. The summed E-state index contributed by atoms with van der Waals surface area (Å²) in [6.07, 6.45) is 3.93. The molecule has 7 heteroatoms. The highest BCUT2D eigenvalue weighted by atomic mass is 35.7. The van der Waals surface area contributed by atoms with E-state index in [4.69, 9.17) is 15.1 Å². The van der Waals surface area contributed by atoms with E-state index in [1.807, 2.05) is 6.92 Å². The number of piperidine rings is 1. The van der Waals surface area contributed by atoms with Gasteiger partial charge in [0.1, 0.15) is 10.7 Å². The molecule has 0 bridgehead atoms. The third-order valence-electron chi connectivity index (χ3n) is 3.70. The third-order valence-corrected chi connectivity index (χ3v) is 5.13. The topological polar surface area (TPSA) is 67.6 Å². The molecular weight excluding hydrogens is 302 g/mol. The Morgan fingerprint density at radius 2 is 2.20 bits per heavy atom. The zero-order valence-corrected chi connectivity index (χ0v) is 13.1. The van der Waals surface area contributed by atoms with Crippen molar-refractivity contribution in [1.29, 1.82) is 0 Å². The molecular formula is C13H18ClNO4S. The maximum Gasteiger partial charge on any atom is 0.289 e. The van der Waals surface area contributed by atoms with Gasteiger partial charge in [0.15, 0.2) is 5.76 Å². The number of carbonyl (C=O) groups excluding carboxylic acids is 1. The number of amides is 1. The van der Waals surface area contributed by atoms with Gasteiger partial charge >= 0.3 is 0 Å². The van der Waals surface area contributed by atoms with Gasteiger partial charge in [-0.2, -0.15) is 0 Å². The van der Waals surface area contributed by atoms with Gasteiger partial charge in [0.25, 0.3) is 15.0 Å². The Morgan fingerprint density at radius 1 is 1.50 bits per heavy atom. The number of rotatable bonds is 3. The lowest BCUT2D eigenvalue weighted by Gasteiger charge is -2.34. The van der Waals surface area contributed by atoms with Crippen LogP contribution >= 0.6 is 10.7 Å². The Hall–Kier alpha value is -1.01. The van der Waals surface area contributed by atoms with E-state index in [9.17, 15) is 13.2 Å². The van der Waals surface area contributed by atoms with Crippen LogP contribution in [0.15, 0.2) is 15.4 Å². The molecule has 5 nitrogen and oxygen atoms in total. The van der Waals surface area contributed by atoms with Crippen molar-refractivity contribution in [3.05, 3.63) is 17.6 Å². The number of furan rings is 1. The number of hydrogen-bond acceptors (Lipinski definition) is 4. The molecule has 1 fully saturated rings. The van der Waals surface area contributed by atoms with E-state index in [0.29, 0.717) is 6.54 Å². The Balaban J connectivity index is 2.29. The second kappa shape index (κ2) is 5.77. The smallest absolute Gasteiger partial charge is 0.289 e. The van der Waals surface area contributed by atoms with Crippen LogP contribution in [-0.4, -0.2) is 31.8 Å². The lowest BCUT2D eigenvalue weighted by atomic mass is 10.00. The van der Waals surface area contributed by atoms with Gasteiger partial charge in [-0.05, 0) is 32.6 Å². The van der Waals surface area contributed by atoms with Gasteiger partial charge in [-0.25, -0.2) is 8.42 Å². The fraction of sp³-hybridized carbons (Fsp3) is 0.615. The summed E-state index contributed by atoms with van der Waals surface area (Å²) in [5, 5.41) is 0. The van der Waals surface area contributed by atoms with Crippen LogP contribution < -0.4 is 0 Å². The highest BCUT2D eigenvalue weighted by molar-refractivity contribution is 8.13. The molecule has 1 aliphatic heterocycles. The average Bonchev–Trinajstić information content (AvgIpc) is 2.80. The van der Waals surface area contributed by atoms with Gasteiger partial charge in [0.2, 0.25) is 0 Å². The molecule has 1 unspecified atom stereocenters. The number of carbonyl (C=O) groups is 1. The summed E-state index contributed by atoms with van der Waals surface area (Å²) >= 11 is 0. The highest BCUT2D eigenvalue weighted by Gasteiger charge is 2.30. The summed E-state index contributed by atoms with van der Waals surface area (Å²) in [4.78, 5) is 14.1. The predicted molar refractivity (Wildman–Crippen MR) is 75.5 cm³/mol. The molecule has 0 aliphatic carbocycles. The van der Waals surface area contributed by atoms with Gasteiger partial charge in [-0.1, -0.05) is 6.92 Å². The van der Waals surface area contributed by atoms with E-state index in [-0.39, 0.29) is 28.4 Å². The molecule has 112 valence electrons. The molecule has 1 saturated heterocycles. The zero-order valence-electron chi connectivity index (χ0n) is 11.6. The Morgan fingerprint density at radius 3 is 2.75 bits per heavy atom. The van der Waals surface area contributed by atoms with E-state index in [1.165, 1.54) is 13.0 Å². The summed E-state index contributed by atoms with van der Waals surface area (Å²) in [7, 11) is 1.42. The van der Waals surface area contributed by atoms with Gasteiger partial charge in [-0.3, -0.25) is 4.79 Å². The summed E-state index contributed by atoms with van der Waals surface area (Å²) < 4.78 is 28.0. The number of likely N-dealkylation sites (tertiary alicyclic amines) is 1. The second-order valence-electron chi connectivity index (χ2n) is 5.03. The van der Waals surface area contributed by atoms with Crippen LogP contribution in [0.2, 0.25) is 0 Å². The summed E-state index contributed by atoms with van der Waals surface area (Å²) in [6.45, 7) is 4.21. The monoisotopic (exact) mass is 319 g/mol. The Labute approximate surface area is 123 Å². The fourth-order valence-electron chi connectivity index (χ4n) is 2.65. The number of nitrogens with zero attached hydrogens (tertiary/aromatic N) is 1. The van der Waals surface area contributed by atoms with Gasteiger partial charge < -0.3 is 9.32 Å². The highest BCUT2D eigenvalue weighted by Crippen LogP contribution is 2.27. The lowest BCUT2D eigenvalue weighted by Crippen LogP contribution is -2.43. The van der Waals surface area contributed by atoms with Crippen LogP contribution in [0.25, 0.3) is 0 Å². The van der Waals surface area contributed by atoms with E-state index < -0.39 is 9.05 Å². The molecule has 0 aromatic carbocycles. The van der Waals surface area contributed by atoms with E-state index in [1.54, 1.807) is 4.90 Å². The van der Waals surface area contributed by atoms with Crippen LogP contribution in [-0.2, 0) is 9.05 Å². The standard InChI is InChI=1S/C13H18ClNO4S/c1-3-10-6-4-5-7-15(10)13(16)11-8-12(9(2)19-11)20(14,17)18/h8,10H,3-7H2,1-2H3. The lowest BCUT2D eigenvalue weighted by molar-refractivity contribution is 0.0574. The first-order valence-corrected chi connectivity index (χ1v) is 9.01. The molecule has 20 heavy (non-hydrogen) atoms. The van der Waals surface area contributed by atoms with Crippen molar-refractivity contribution in [2.45, 2.75) is 50.5 Å². The molecule has 0 N–H and O–H groups in total.